The Morgan fingerprint density at radius 3 is 2.91 bits per heavy atom. The SMILES string of the molecule is CCOC1N([C@H]2C[C@H](N=[N+]=[N-])[C@@H](CO)O2)C(=O)NC(=O)C1(C)Cl. The van der Waals surface area contributed by atoms with Gasteiger partial charge in [0.2, 0.25) is 0 Å². The van der Waals surface area contributed by atoms with E-state index in [4.69, 9.17) is 26.6 Å². The van der Waals surface area contributed by atoms with Gasteiger partial charge in [-0.15, -0.1) is 11.6 Å². The molecule has 2 saturated heterocycles. The van der Waals surface area contributed by atoms with Gasteiger partial charge in [-0.2, -0.15) is 0 Å². The first-order chi connectivity index (χ1) is 10.9. The number of rotatable bonds is 5. The van der Waals surface area contributed by atoms with E-state index in [0.29, 0.717) is 0 Å². The number of carbonyl (C=O) groups is 2. The predicted molar refractivity (Wildman–Crippen MR) is 78.3 cm³/mol. The van der Waals surface area contributed by atoms with E-state index in [1.807, 2.05) is 0 Å². The highest BCUT2D eigenvalue weighted by Crippen LogP contribution is 2.35. The van der Waals surface area contributed by atoms with E-state index in [2.05, 4.69) is 15.3 Å². The fourth-order valence-electron chi connectivity index (χ4n) is 2.68. The van der Waals surface area contributed by atoms with E-state index >= 15 is 0 Å². The van der Waals surface area contributed by atoms with Crippen molar-refractivity contribution in [3.8, 4) is 0 Å². The zero-order chi connectivity index (χ0) is 17.2. The molecule has 0 aromatic heterocycles. The van der Waals surface area contributed by atoms with Crippen molar-refractivity contribution in [3.05, 3.63) is 10.4 Å². The van der Waals surface area contributed by atoms with Crippen LogP contribution in [0.1, 0.15) is 20.3 Å². The molecule has 2 aliphatic rings. The van der Waals surface area contributed by atoms with Crippen LogP contribution in [0.25, 0.3) is 10.4 Å². The number of hydrogen-bond acceptors (Lipinski definition) is 6. The van der Waals surface area contributed by atoms with Crippen molar-refractivity contribution in [2.24, 2.45) is 5.11 Å². The highest BCUT2D eigenvalue weighted by Gasteiger charge is 2.54. The number of urea groups is 1. The summed E-state index contributed by atoms with van der Waals surface area (Å²) in [5, 5.41) is 15.0. The standard InChI is InChI=1S/C12H18ClN5O5/c1-3-22-10-12(2,13)9(20)15-11(21)18(10)8-4-6(16-17-14)7(5-19)23-8/h6-8,10,19H,3-5H2,1-2H3,(H,15,20,21)/t6-,7+,8+,10?,12?/m0/s1. The maximum Gasteiger partial charge on any atom is 0.328 e. The smallest absolute Gasteiger partial charge is 0.328 e. The van der Waals surface area contributed by atoms with Crippen molar-refractivity contribution in [1.29, 1.82) is 0 Å². The van der Waals surface area contributed by atoms with E-state index in [0.717, 1.165) is 0 Å². The number of imide groups is 1. The third kappa shape index (κ3) is 3.22. The van der Waals surface area contributed by atoms with Gasteiger partial charge >= 0.3 is 6.03 Å². The number of alkyl halides is 1. The molecule has 0 aromatic carbocycles. The van der Waals surface area contributed by atoms with Gasteiger partial charge in [-0.05, 0) is 19.4 Å². The molecule has 11 heteroatoms. The first-order valence-electron chi connectivity index (χ1n) is 7.11. The third-order valence-electron chi connectivity index (χ3n) is 3.83. The second kappa shape index (κ2) is 6.90. The largest absolute Gasteiger partial charge is 0.394 e. The van der Waals surface area contributed by atoms with Crippen LogP contribution in [-0.2, 0) is 14.3 Å². The molecular weight excluding hydrogens is 330 g/mol. The lowest BCUT2D eigenvalue weighted by atomic mass is 10.0. The van der Waals surface area contributed by atoms with Crippen LogP contribution in [0.3, 0.4) is 0 Å². The normalized spacial score (nSPS) is 37.5. The van der Waals surface area contributed by atoms with Crippen LogP contribution in [0, 0.1) is 0 Å². The second-order valence-electron chi connectivity index (χ2n) is 5.37. The third-order valence-corrected chi connectivity index (χ3v) is 4.19. The Morgan fingerprint density at radius 2 is 2.35 bits per heavy atom. The summed E-state index contributed by atoms with van der Waals surface area (Å²) in [5.41, 5.74) is 8.58. The van der Waals surface area contributed by atoms with Crippen molar-refractivity contribution < 1.29 is 24.2 Å². The summed E-state index contributed by atoms with van der Waals surface area (Å²) in [5.74, 6) is -0.665. The summed E-state index contributed by atoms with van der Waals surface area (Å²) in [6, 6.07) is -1.35. The molecule has 2 N–H and O–H groups in total. The minimum atomic E-state index is -1.50. The molecule has 3 amide bonds. The van der Waals surface area contributed by atoms with Crippen LogP contribution in [0.5, 0.6) is 0 Å². The van der Waals surface area contributed by atoms with Gasteiger partial charge in [0.15, 0.2) is 11.1 Å². The molecule has 2 unspecified atom stereocenters. The Labute approximate surface area is 137 Å². The highest BCUT2D eigenvalue weighted by atomic mass is 35.5. The number of nitrogens with one attached hydrogen (secondary N) is 1. The van der Waals surface area contributed by atoms with Crippen molar-refractivity contribution in [2.45, 2.75) is 49.7 Å². The molecule has 23 heavy (non-hydrogen) atoms. The molecule has 0 aliphatic carbocycles. The number of halogens is 1. The van der Waals surface area contributed by atoms with Crippen LogP contribution in [0.15, 0.2) is 5.11 Å². The van der Waals surface area contributed by atoms with Crippen LogP contribution < -0.4 is 5.32 Å². The van der Waals surface area contributed by atoms with Crippen LogP contribution in [0.4, 0.5) is 4.79 Å². The Morgan fingerprint density at radius 1 is 1.65 bits per heavy atom. The molecular formula is C12H18ClN5O5. The number of ether oxygens (including phenoxy) is 2. The van der Waals surface area contributed by atoms with Gasteiger partial charge in [-0.1, -0.05) is 5.11 Å². The zero-order valence-corrected chi connectivity index (χ0v) is 13.4. The monoisotopic (exact) mass is 347 g/mol. The second-order valence-corrected chi connectivity index (χ2v) is 6.15. The molecule has 5 atom stereocenters. The van der Waals surface area contributed by atoms with Crippen molar-refractivity contribution in [1.82, 2.24) is 10.2 Å². The number of carbonyl (C=O) groups excluding carboxylic acids is 2. The topological polar surface area (TPSA) is 137 Å². The maximum absolute atomic E-state index is 12.2. The molecule has 10 nitrogen and oxygen atoms in total. The minimum Gasteiger partial charge on any atom is -0.394 e. The summed E-state index contributed by atoms with van der Waals surface area (Å²) in [6.07, 6.45) is -2.48. The number of aliphatic hydroxyl groups is 1. The number of aliphatic hydroxyl groups excluding tert-OH is 1. The van der Waals surface area contributed by atoms with E-state index < -0.39 is 41.4 Å². The van der Waals surface area contributed by atoms with E-state index in [9.17, 15) is 14.7 Å². The summed E-state index contributed by atoms with van der Waals surface area (Å²) < 4.78 is 11.1. The quantitative estimate of drug-likeness (QED) is 0.326. The maximum atomic E-state index is 12.2. The van der Waals surface area contributed by atoms with Gasteiger partial charge in [0.25, 0.3) is 5.91 Å². The summed E-state index contributed by atoms with van der Waals surface area (Å²) >= 11 is 6.26. The molecule has 0 radical (unpaired) electrons. The summed E-state index contributed by atoms with van der Waals surface area (Å²) in [7, 11) is 0. The molecule has 0 saturated carbocycles. The first-order valence-corrected chi connectivity index (χ1v) is 7.49. The summed E-state index contributed by atoms with van der Waals surface area (Å²) in [6.45, 7) is 3.00. The molecule has 2 fully saturated rings. The average Bonchev–Trinajstić information content (AvgIpc) is 2.88. The van der Waals surface area contributed by atoms with E-state index in [-0.39, 0.29) is 19.6 Å². The molecule has 2 heterocycles. The van der Waals surface area contributed by atoms with Gasteiger partial charge in [0.1, 0.15) is 6.23 Å². The van der Waals surface area contributed by atoms with E-state index in [1.54, 1.807) is 6.92 Å². The van der Waals surface area contributed by atoms with Crippen molar-refractivity contribution in [3.63, 3.8) is 0 Å². The molecule has 2 rings (SSSR count). The molecule has 2 aliphatic heterocycles. The lowest BCUT2D eigenvalue weighted by Crippen LogP contribution is -2.69. The molecule has 0 aromatic rings. The van der Waals surface area contributed by atoms with Gasteiger partial charge < -0.3 is 14.6 Å². The molecule has 0 spiro atoms. The highest BCUT2D eigenvalue weighted by molar-refractivity contribution is 6.36. The lowest BCUT2D eigenvalue weighted by Gasteiger charge is -2.44. The fourth-order valence-corrected chi connectivity index (χ4v) is 2.89. The number of nitrogens with zero attached hydrogens (tertiary/aromatic N) is 4. The summed E-state index contributed by atoms with van der Waals surface area (Å²) in [4.78, 5) is 26.6. The van der Waals surface area contributed by atoms with Gasteiger partial charge in [0, 0.05) is 17.9 Å². The molecule has 0 bridgehead atoms. The van der Waals surface area contributed by atoms with E-state index in [1.165, 1.54) is 11.8 Å². The van der Waals surface area contributed by atoms with Crippen molar-refractivity contribution in [2.75, 3.05) is 13.2 Å². The Hall–Kier alpha value is -1.58. The number of hydrogen-bond donors (Lipinski definition) is 2. The Bertz CT molecular complexity index is 538. The van der Waals surface area contributed by atoms with Crippen LogP contribution >= 0.6 is 11.6 Å². The Balaban J connectivity index is 2.29. The Kier molecular flexibility index (Phi) is 5.33. The van der Waals surface area contributed by atoms with Crippen LogP contribution in [0.2, 0.25) is 0 Å². The average molecular weight is 348 g/mol. The first kappa shape index (κ1) is 17.8. The zero-order valence-electron chi connectivity index (χ0n) is 12.7. The van der Waals surface area contributed by atoms with Gasteiger partial charge in [-0.3, -0.25) is 15.0 Å². The van der Waals surface area contributed by atoms with Gasteiger partial charge in [0.05, 0.1) is 18.8 Å². The van der Waals surface area contributed by atoms with Crippen LogP contribution in [-0.4, -0.2) is 64.6 Å². The number of amides is 3. The molecule has 128 valence electrons. The fraction of sp³-hybridized carbons (Fsp3) is 0.833. The van der Waals surface area contributed by atoms with Crippen molar-refractivity contribution >= 4 is 23.5 Å². The number of azide groups is 1. The lowest BCUT2D eigenvalue weighted by molar-refractivity contribution is -0.160. The predicted octanol–water partition coefficient (Wildman–Crippen LogP) is 0.685. The minimum absolute atomic E-state index is 0.160. The van der Waals surface area contributed by atoms with Gasteiger partial charge in [-0.25, -0.2) is 4.79 Å².